The van der Waals surface area contributed by atoms with Crippen molar-refractivity contribution in [1.82, 2.24) is 5.32 Å². The van der Waals surface area contributed by atoms with Crippen LogP contribution in [0.25, 0.3) is 0 Å². The molecule has 0 atom stereocenters. The minimum Gasteiger partial charge on any atom is -0.382 e. The number of benzene rings is 1. The lowest BCUT2D eigenvalue weighted by molar-refractivity contribution is 0.102. The highest BCUT2D eigenvalue weighted by atomic mass is 35.5. The number of Topliss-reactive ketones (excluding diaryl/α,β-unsaturated/α-hetero) is 1. The molecule has 0 amide bonds. The molecule has 0 fully saturated rings. The molecule has 1 aliphatic heterocycles. The summed E-state index contributed by atoms with van der Waals surface area (Å²) in [6, 6.07) is 7.00. The smallest absolute Gasteiger partial charge is 0.208 e. The van der Waals surface area contributed by atoms with Crippen LogP contribution < -0.4 is 5.32 Å². The van der Waals surface area contributed by atoms with Crippen molar-refractivity contribution in [3.05, 3.63) is 46.6 Å². The molecule has 2 rings (SSSR count). The number of nitrogens with one attached hydrogen (secondary N) is 1. The maximum Gasteiger partial charge on any atom is 0.208 e. The van der Waals surface area contributed by atoms with Crippen LogP contribution in [0.4, 0.5) is 0 Å². The number of halogens is 1. The second-order valence-electron chi connectivity index (χ2n) is 3.17. The predicted octanol–water partition coefficient (Wildman–Crippen LogP) is 2.40. The lowest BCUT2D eigenvalue weighted by atomic mass is 10.1. The summed E-state index contributed by atoms with van der Waals surface area (Å²) in [5, 5.41) is 3.63. The first kappa shape index (κ1) is 9.28. The lowest BCUT2D eigenvalue weighted by Gasteiger charge is -2.03. The maximum atomic E-state index is 11.8. The van der Waals surface area contributed by atoms with Crippen LogP contribution >= 0.6 is 11.6 Å². The zero-order valence-electron chi connectivity index (χ0n) is 7.59. The van der Waals surface area contributed by atoms with Crippen molar-refractivity contribution in [3.63, 3.8) is 0 Å². The van der Waals surface area contributed by atoms with Crippen LogP contribution in [0, 0.1) is 0 Å². The summed E-state index contributed by atoms with van der Waals surface area (Å²) in [6.07, 6.45) is 2.84. The van der Waals surface area contributed by atoms with Crippen molar-refractivity contribution in [2.24, 2.45) is 0 Å². The van der Waals surface area contributed by atoms with Gasteiger partial charge in [-0.25, -0.2) is 0 Å². The van der Waals surface area contributed by atoms with E-state index in [4.69, 9.17) is 11.6 Å². The number of carbonyl (C=O) groups is 1. The summed E-state index contributed by atoms with van der Waals surface area (Å²) < 4.78 is 0. The van der Waals surface area contributed by atoms with Crippen LogP contribution in [-0.4, -0.2) is 12.3 Å². The Hall–Kier alpha value is -1.28. The zero-order valence-corrected chi connectivity index (χ0v) is 8.34. The highest BCUT2D eigenvalue weighted by Crippen LogP contribution is 2.15. The fourth-order valence-corrected chi connectivity index (χ4v) is 1.64. The highest BCUT2D eigenvalue weighted by molar-refractivity contribution is 6.31. The van der Waals surface area contributed by atoms with Crippen molar-refractivity contribution in [1.29, 1.82) is 0 Å². The van der Waals surface area contributed by atoms with E-state index in [1.54, 1.807) is 24.3 Å². The number of rotatable bonds is 2. The summed E-state index contributed by atoms with van der Waals surface area (Å²) in [5.74, 6) is 0.0185. The average Bonchev–Trinajstić information content (AvgIpc) is 2.69. The van der Waals surface area contributed by atoms with E-state index >= 15 is 0 Å². The number of allylic oxidation sites excluding steroid dienone is 1. The first-order valence-electron chi connectivity index (χ1n) is 4.51. The topological polar surface area (TPSA) is 29.1 Å². The molecule has 0 aliphatic carbocycles. The third kappa shape index (κ3) is 1.80. The maximum absolute atomic E-state index is 11.8. The second kappa shape index (κ2) is 3.84. The van der Waals surface area contributed by atoms with Crippen molar-refractivity contribution in [2.75, 3.05) is 6.54 Å². The fraction of sp³-hybridized carbons (Fsp3) is 0.182. The Morgan fingerprint density at radius 3 is 2.93 bits per heavy atom. The van der Waals surface area contributed by atoms with Gasteiger partial charge in [0.05, 0.1) is 5.70 Å². The first-order valence-corrected chi connectivity index (χ1v) is 4.89. The van der Waals surface area contributed by atoms with Crippen molar-refractivity contribution < 1.29 is 4.79 Å². The van der Waals surface area contributed by atoms with Gasteiger partial charge in [0, 0.05) is 17.1 Å². The Bertz CT molecular complexity index is 398. The Balaban J connectivity index is 2.27. The molecule has 0 saturated carbocycles. The third-order valence-corrected chi connectivity index (χ3v) is 2.37. The number of carbonyl (C=O) groups excluding carboxylic acids is 1. The largest absolute Gasteiger partial charge is 0.382 e. The molecule has 1 aliphatic rings. The summed E-state index contributed by atoms with van der Waals surface area (Å²) in [6.45, 7) is 0.849. The van der Waals surface area contributed by atoms with E-state index in [2.05, 4.69) is 5.32 Å². The molecule has 0 saturated heterocycles. The van der Waals surface area contributed by atoms with Crippen molar-refractivity contribution >= 4 is 17.4 Å². The van der Waals surface area contributed by atoms with Crippen molar-refractivity contribution in [3.8, 4) is 0 Å². The quantitative estimate of drug-likeness (QED) is 0.755. The molecule has 0 radical (unpaired) electrons. The van der Waals surface area contributed by atoms with E-state index in [0.29, 0.717) is 16.3 Å². The van der Waals surface area contributed by atoms with Gasteiger partial charge in [0.1, 0.15) is 0 Å². The van der Waals surface area contributed by atoms with Gasteiger partial charge in [0.15, 0.2) is 0 Å². The van der Waals surface area contributed by atoms with Gasteiger partial charge in [-0.2, -0.15) is 0 Å². The van der Waals surface area contributed by atoms with Gasteiger partial charge in [-0.15, -0.1) is 0 Å². The van der Waals surface area contributed by atoms with E-state index in [-0.39, 0.29) is 5.78 Å². The normalized spacial score (nSPS) is 14.8. The van der Waals surface area contributed by atoms with Crippen LogP contribution in [-0.2, 0) is 0 Å². The van der Waals surface area contributed by atoms with Crippen LogP contribution in [0.15, 0.2) is 36.0 Å². The molecule has 0 aromatic heterocycles. The minimum absolute atomic E-state index is 0.0185. The van der Waals surface area contributed by atoms with Crippen LogP contribution in [0.2, 0.25) is 5.02 Å². The standard InChI is InChI=1S/C11H10ClNO/c12-9-4-1-3-8(7-9)11(14)10-5-2-6-13-10/h1,3-5,7,13H,2,6H2. The molecule has 1 N–H and O–H groups in total. The van der Waals surface area contributed by atoms with E-state index in [9.17, 15) is 4.79 Å². The van der Waals surface area contributed by atoms with E-state index in [0.717, 1.165) is 13.0 Å². The Labute approximate surface area is 87.6 Å². The molecule has 1 heterocycles. The molecule has 14 heavy (non-hydrogen) atoms. The molecule has 1 aromatic rings. The van der Waals surface area contributed by atoms with Crippen LogP contribution in [0.3, 0.4) is 0 Å². The van der Waals surface area contributed by atoms with Crippen LogP contribution in [0.1, 0.15) is 16.8 Å². The van der Waals surface area contributed by atoms with E-state index in [1.165, 1.54) is 0 Å². The van der Waals surface area contributed by atoms with Gasteiger partial charge in [0.2, 0.25) is 5.78 Å². The SMILES string of the molecule is O=C(C1=CCCN1)c1cccc(Cl)c1. The molecule has 0 unspecified atom stereocenters. The van der Waals surface area contributed by atoms with Gasteiger partial charge >= 0.3 is 0 Å². The molecule has 2 nitrogen and oxygen atoms in total. The number of hydrogen-bond donors (Lipinski definition) is 1. The molecule has 72 valence electrons. The van der Waals surface area contributed by atoms with Crippen molar-refractivity contribution in [2.45, 2.75) is 6.42 Å². The van der Waals surface area contributed by atoms with Gasteiger partial charge in [-0.1, -0.05) is 29.8 Å². The molecular weight excluding hydrogens is 198 g/mol. The van der Waals surface area contributed by atoms with E-state index < -0.39 is 0 Å². The van der Waals surface area contributed by atoms with Gasteiger partial charge in [-0.3, -0.25) is 4.79 Å². The third-order valence-electron chi connectivity index (χ3n) is 2.14. The Morgan fingerprint density at radius 1 is 1.43 bits per heavy atom. The van der Waals surface area contributed by atoms with E-state index in [1.807, 2.05) is 6.08 Å². The Morgan fingerprint density at radius 2 is 2.29 bits per heavy atom. The first-order chi connectivity index (χ1) is 6.77. The lowest BCUT2D eigenvalue weighted by Crippen LogP contribution is -2.16. The van der Waals surface area contributed by atoms with Gasteiger partial charge in [0.25, 0.3) is 0 Å². The fourth-order valence-electron chi connectivity index (χ4n) is 1.45. The number of hydrogen-bond acceptors (Lipinski definition) is 2. The average molecular weight is 208 g/mol. The van der Waals surface area contributed by atoms with Gasteiger partial charge < -0.3 is 5.32 Å². The summed E-state index contributed by atoms with van der Waals surface area (Å²) in [4.78, 5) is 11.8. The Kier molecular flexibility index (Phi) is 2.55. The summed E-state index contributed by atoms with van der Waals surface area (Å²) >= 11 is 5.80. The molecule has 0 spiro atoms. The predicted molar refractivity (Wildman–Crippen MR) is 56.5 cm³/mol. The van der Waals surface area contributed by atoms with Crippen LogP contribution in [0.5, 0.6) is 0 Å². The summed E-state index contributed by atoms with van der Waals surface area (Å²) in [5.41, 5.74) is 1.32. The molecule has 3 heteroatoms. The molecule has 1 aromatic carbocycles. The monoisotopic (exact) mass is 207 g/mol. The zero-order chi connectivity index (χ0) is 9.97. The van der Waals surface area contributed by atoms with Gasteiger partial charge in [-0.05, 0) is 18.6 Å². The highest BCUT2D eigenvalue weighted by Gasteiger charge is 2.14. The summed E-state index contributed by atoms with van der Waals surface area (Å²) in [7, 11) is 0. The minimum atomic E-state index is 0.0185. The molecule has 0 bridgehead atoms. The number of ketones is 1. The molecular formula is C11H10ClNO. The second-order valence-corrected chi connectivity index (χ2v) is 3.61.